The molecule has 0 bridgehead atoms. The highest BCUT2D eigenvalue weighted by atomic mass is 35.5. The van der Waals surface area contributed by atoms with E-state index < -0.39 is 0 Å². The summed E-state index contributed by atoms with van der Waals surface area (Å²) in [5.74, 6) is 0.348. The van der Waals surface area contributed by atoms with Gasteiger partial charge in [0.15, 0.2) is 0 Å². The summed E-state index contributed by atoms with van der Waals surface area (Å²) in [5, 5.41) is 16.3. The van der Waals surface area contributed by atoms with Crippen LogP contribution in [0, 0.1) is 0 Å². The Hall–Kier alpha value is -2.83. The van der Waals surface area contributed by atoms with Gasteiger partial charge in [-0.2, -0.15) is 5.10 Å². The van der Waals surface area contributed by atoms with Crippen LogP contribution in [0.3, 0.4) is 0 Å². The largest absolute Gasteiger partial charge is 0.491 e. The summed E-state index contributed by atoms with van der Waals surface area (Å²) in [4.78, 5) is 12.3. The highest BCUT2D eigenvalue weighted by molar-refractivity contribution is 6.32. The molecule has 0 aliphatic rings. The first kappa shape index (κ1) is 17.0. The molecule has 1 amide bonds. The predicted octanol–water partition coefficient (Wildman–Crippen LogP) is 3.15. The Kier molecular flexibility index (Phi) is 5.33. The second-order valence-electron chi connectivity index (χ2n) is 5.18. The van der Waals surface area contributed by atoms with Gasteiger partial charge >= 0.3 is 0 Å². The summed E-state index contributed by atoms with van der Waals surface area (Å²) in [6, 6.07) is 14.2. The molecule has 3 rings (SSSR count). The summed E-state index contributed by atoms with van der Waals surface area (Å²) in [6.07, 6.45) is 3.10. The van der Waals surface area contributed by atoms with Gasteiger partial charge in [-0.1, -0.05) is 23.7 Å². The van der Waals surface area contributed by atoms with Gasteiger partial charge in [-0.15, -0.1) is 0 Å². The van der Waals surface area contributed by atoms with Crippen LogP contribution >= 0.6 is 11.6 Å². The summed E-state index contributed by atoms with van der Waals surface area (Å²) in [7, 11) is 0. The molecule has 0 spiro atoms. The van der Waals surface area contributed by atoms with E-state index in [9.17, 15) is 4.79 Å². The lowest BCUT2D eigenvalue weighted by Crippen LogP contribution is -2.11. The molecule has 0 aliphatic carbocycles. The Labute approximate surface area is 149 Å². The molecule has 6 nitrogen and oxygen atoms in total. The number of carbonyl (C=O) groups is 1. The highest BCUT2D eigenvalue weighted by Crippen LogP contribution is 2.20. The van der Waals surface area contributed by atoms with E-state index in [0.717, 1.165) is 0 Å². The number of nitrogens with zero attached hydrogens (tertiary/aromatic N) is 2. The quantitative estimate of drug-likeness (QED) is 0.710. The van der Waals surface area contributed by atoms with Gasteiger partial charge in [0.1, 0.15) is 12.4 Å². The molecule has 2 aromatic carbocycles. The van der Waals surface area contributed by atoms with E-state index in [1.54, 1.807) is 41.2 Å². The predicted molar refractivity (Wildman–Crippen MR) is 95.6 cm³/mol. The number of nitrogens with one attached hydrogen (secondary N) is 1. The summed E-state index contributed by atoms with van der Waals surface area (Å²) >= 11 is 6.14. The minimum atomic E-state index is -0.276. The van der Waals surface area contributed by atoms with E-state index in [4.69, 9.17) is 21.4 Å². The second-order valence-corrected chi connectivity index (χ2v) is 5.58. The highest BCUT2D eigenvalue weighted by Gasteiger charge is 2.11. The van der Waals surface area contributed by atoms with Gasteiger partial charge in [-0.05, 0) is 36.4 Å². The SMILES string of the molecule is O=C(Nc1ccc(OCCO)cc1)c1cnn(-c2ccccc2Cl)c1. The molecule has 0 saturated carbocycles. The Bertz CT molecular complexity index is 862. The van der Waals surface area contributed by atoms with E-state index >= 15 is 0 Å². The number of benzene rings is 2. The zero-order valence-corrected chi connectivity index (χ0v) is 14.0. The van der Waals surface area contributed by atoms with Crippen molar-refractivity contribution in [2.24, 2.45) is 0 Å². The molecular formula is C18H16ClN3O3. The van der Waals surface area contributed by atoms with Crippen LogP contribution in [0.15, 0.2) is 60.9 Å². The smallest absolute Gasteiger partial charge is 0.258 e. The molecule has 2 N–H and O–H groups in total. The normalized spacial score (nSPS) is 10.5. The number of carbonyl (C=O) groups excluding carboxylic acids is 1. The maximum Gasteiger partial charge on any atom is 0.258 e. The Balaban J connectivity index is 1.69. The van der Waals surface area contributed by atoms with E-state index in [1.165, 1.54) is 6.20 Å². The van der Waals surface area contributed by atoms with Crippen molar-refractivity contribution in [1.82, 2.24) is 9.78 Å². The lowest BCUT2D eigenvalue weighted by Gasteiger charge is -2.06. The fourth-order valence-corrected chi connectivity index (χ4v) is 2.43. The number of hydrogen-bond donors (Lipinski definition) is 2. The molecule has 0 radical (unpaired) electrons. The standard InChI is InChI=1S/C18H16ClN3O3/c19-16-3-1-2-4-17(16)22-12-13(11-20-22)18(24)21-14-5-7-15(8-6-14)25-10-9-23/h1-8,11-12,23H,9-10H2,(H,21,24). The number of amides is 1. The van der Waals surface area contributed by atoms with Crippen molar-refractivity contribution >= 4 is 23.2 Å². The number of aliphatic hydroxyl groups is 1. The Morgan fingerprint density at radius 2 is 1.96 bits per heavy atom. The van der Waals surface area contributed by atoms with E-state index in [-0.39, 0.29) is 19.1 Å². The van der Waals surface area contributed by atoms with Gasteiger partial charge in [0.05, 0.1) is 29.1 Å². The lowest BCUT2D eigenvalue weighted by molar-refractivity contribution is 0.102. The first-order valence-electron chi connectivity index (χ1n) is 7.62. The van der Waals surface area contributed by atoms with Crippen LogP contribution in [-0.2, 0) is 0 Å². The number of hydrogen-bond acceptors (Lipinski definition) is 4. The number of ether oxygens (including phenoxy) is 1. The zero-order chi connectivity index (χ0) is 17.6. The molecule has 3 aromatic rings. The first-order valence-corrected chi connectivity index (χ1v) is 8.00. The molecular weight excluding hydrogens is 342 g/mol. The number of rotatable bonds is 6. The van der Waals surface area contributed by atoms with Crippen molar-refractivity contribution < 1.29 is 14.6 Å². The monoisotopic (exact) mass is 357 g/mol. The second kappa shape index (κ2) is 7.83. The van der Waals surface area contributed by atoms with E-state index in [1.807, 2.05) is 18.2 Å². The molecule has 0 aliphatic heterocycles. The van der Waals surface area contributed by atoms with Crippen molar-refractivity contribution in [3.8, 4) is 11.4 Å². The fourth-order valence-electron chi connectivity index (χ4n) is 2.21. The van der Waals surface area contributed by atoms with Crippen LogP contribution in [0.2, 0.25) is 5.02 Å². The van der Waals surface area contributed by atoms with Crippen molar-refractivity contribution in [1.29, 1.82) is 0 Å². The first-order chi connectivity index (χ1) is 12.2. The fraction of sp³-hybridized carbons (Fsp3) is 0.111. The van der Waals surface area contributed by atoms with Crippen LogP contribution in [-0.4, -0.2) is 34.0 Å². The van der Waals surface area contributed by atoms with Crippen molar-refractivity contribution in [3.05, 3.63) is 71.5 Å². The Morgan fingerprint density at radius 1 is 1.20 bits per heavy atom. The third kappa shape index (κ3) is 4.17. The van der Waals surface area contributed by atoms with Crippen LogP contribution in [0.1, 0.15) is 10.4 Å². The van der Waals surface area contributed by atoms with Gasteiger partial charge in [0.25, 0.3) is 5.91 Å². The molecule has 0 fully saturated rings. The van der Waals surface area contributed by atoms with Crippen LogP contribution in [0.25, 0.3) is 5.69 Å². The molecule has 1 heterocycles. The third-order valence-electron chi connectivity index (χ3n) is 3.42. The van der Waals surface area contributed by atoms with Crippen LogP contribution in [0.4, 0.5) is 5.69 Å². The molecule has 128 valence electrons. The lowest BCUT2D eigenvalue weighted by atomic mass is 10.2. The molecule has 7 heteroatoms. The summed E-state index contributed by atoms with van der Waals surface area (Å²) < 4.78 is 6.83. The summed E-state index contributed by atoms with van der Waals surface area (Å²) in [6.45, 7) is 0.181. The van der Waals surface area contributed by atoms with Crippen LogP contribution < -0.4 is 10.1 Å². The van der Waals surface area contributed by atoms with Crippen molar-refractivity contribution in [3.63, 3.8) is 0 Å². The molecule has 0 saturated heterocycles. The van der Waals surface area contributed by atoms with Crippen molar-refractivity contribution in [2.45, 2.75) is 0 Å². The van der Waals surface area contributed by atoms with Crippen molar-refractivity contribution in [2.75, 3.05) is 18.5 Å². The number of halogens is 1. The molecule has 0 atom stereocenters. The van der Waals surface area contributed by atoms with Gasteiger partial charge in [-0.25, -0.2) is 4.68 Å². The minimum Gasteiger partial charge on any atom is -0.491 e. The molecule has 0 unspecified atom stereocenters. The number of aliphatic hydroxyl groups excluding tert-OH is 1. The van der Waals surface area contributed by atoms with E-state index in [0.29, 0.717) is 27.7 Å². The maximum absolute atomic E-state index is 12.3. The Morgan fingerprint density at radius 3 is 2.68 bits per heavy atom. The van der Waals surface area contributed by atoms with Gasteiger partial charge < -0.3 is 15.2 Å². The zero-order valence-electron chi connectivity index (χ0n) is 13.2. The van der Waals surface area contributed by atoms with Gasteiger partial charge in [-0.3, -0.25) is 4.79 Å². The van der Waals surface area contributed by atoms with Gasteiger partial charge in [0.2, 0.25) is 0 Å². The molecule has 1 aromatic heterocycles. The number of anilines is 1. The summed E-state index contributed by atoms with van der Waals surface area (Å²) in [5.41, 5.74) is 1.75. The van der Waals surface area contributed by atoms with Gasteiger partial charge in [0, 0.05) is 11.9 Å². The third-order valence-corrected chi connectivity index (χ3v) is 3.74. The van der Waals surface area contributed by atoms with Crippen LogP contribution in [0.5, 0.6) is 5.75 Å². The topological polar surface area (TPSA) is 76.4 Å². The van der Waals surface area contributed by atoms with E-state index in [2.05, 4.69) is 10.4 Å². The average molecular weight is 358 g/mol. The minimum absolute atomic E-state index is 0.0477. The molecule has 25 heavy (non-hydrogen) atoms. The number of para-hydroxylation sites is 1. The average Bonchev–Trinajstić information content (AvgIpc) is 3.11. The maximum atomic E-state index is 12.3. The number of aromatic nitrogens is 2.